The summed E-state index contributed by atoms with van der Waals surface area (Å²) in [5.41, 5.74) is 9.86. The van der Waals surface area contributed by atoms with Crippen molar-refractivity contribution in [3.05, 3.63) is 89.6 Å². The van der Waals surface area contributed by atoms with Gasteiger partial charge in [-0.1, -0.05) is 49.4 Å². The van der Waals surface area contributed by atoms with Crippen molar-refractivity contribution in [3.8, 4) is 5.69 Å². The van der Waals surface area contributed by atoms with Gasteiger partial charge in [0.25, 0.3) is 5.91 Å². The van der Waals surface area contributed by atoms with Gasteiger partial charge in [-0.2, -0.15) is 5.10 Å². The molecule has 0 saturated carbocycles. The molecule has 1 fully saturated rings. The smallest absolute Gasteiger partial charge is 0.250 e. The van der Waals surface area contributed by atoms with Crippen molar-refractivity contribution >= 4 is 26.9 Å². The Balaban J connectivity index is 0.000000256. The summed E-state index contributed by atoms with van der Waals surface area (Å²) in [6, 6.07) is 19.9. The van der Waals surface area contributed by atoms with E-state index in [0.29, 0.717) is 17.0 Å². The van der Waals surface area contributed by atoms with Gasteiger partial charge >= 0.3 is 0 Å². The van der Waals surface area contributed by atoms with Crippen molar-refractivity contribution in [1.29, 1.82) is 0 Å². The van der Waals surface area contributed by atoms with Crippen LogP contribution in [0.4, 0.5) is 0 Å². The van der Waals surface area contributed by atoms with E-state index in [1.165, 1.54) is 43.6 Å². The number of benzene rings is 3. The SMILES string of the molecule is C.Cc1ccc(S(=O)(=O)[O-])cc1.NC(=O)c1cccc2cn(-c3ccc([C@@H]4CCC[NH2+]C4)cc3)nc12. The van der Waals surface area contributed by atoms with Crippen molar-refractivity contribution in [2.24, 2.45) is 5.73 Å². The van der Waals surface area contributed by atoms with Crippen LogP contribution < -0.4 is 11.1 Å². The third kappa shape index (κ3) is 6.37. The number of fused-ring (bicyclic) bond motifs is 1. The Bertz CT molecular complexity index is 1420. The van der Waals surface area contributed by atoms with Crippen LogP contribution in [-0.4, -0.2) is 41.7 Å². The molecule has 2 heterocycles. The Morgan fingerprint density at radius 2 is 1.78 bits per heavy atom. The van der Waals surface area contributed by atoms with Crippen LogP contribution >= 0.6 is 0 Å². The molecule has 9 heteroatoms. The molecule has 1 aliphatic rings. The number of nitrogens with zero attached hydrogens (tertiary/aromatic N) is 2. The van der Waals surface area contributed by atoms with E-state index in [-0.39, 0.29) is 12.3 Å². The van der Waals surface area contributed by atoms with Crippen LogP contribution in [0.15, 0.2) is 77.8 Å². The second-order valence-electron chi connectivity index (χ2n) is 8.69. The monoisotopic (exact) mass is 508 g/mol. The molecular weight excluding hydrogens is 476 g/mol. The summed E-state index contributed by atoms with van der Waals surface area (Å²) in [5.74, 6) is 0.195. The first-order valence-electron chi connectivity index (χ1n) is 11.4. The van der Waals surface area contributed by atoms with Gasteiger partial charge in [0.2, 0.25) is 0 Å². The molecule has 1 aliphatic heterocycles. The summed E-state index contributed by atoms with van der Waals surface area (Å²) in [6.07, 6.45) is 4.49. The number of primary amides is 1. The summed E-state index contributed by atoms with van der Waals surface area (Å²) in [7, 11) is -4.27. The first-order chi connectivity index (χ1) is 16.7. The van der Waals surface area contributed by atoms with Gasteiger partial charge in [0.05, 0.1) is 29.2 Å². The van der Waals surface area contributed by atoms with Crippen molar-refractivity contribution in [2.45, 2.75) is 38.0 Å². The Morgan fingerprint density at radius 3 is 2.36 bits per heavy atom. The highest BCUT2D eigenvalue weighted by molar-refractivity contribution is 7.85. The minimum absolute atomic E-state index is 0. The normalized spacial score (nSPS) is 15.4. The number of aromatic nitrogens is 2. The van der Waals surface area contributed by atoms with E-state index < -0.39 is 16.0 Å². The van der Waals surface area contributed by atoms with Crippen LogP contribution in [0.1, 0.15) is 47.7 Å². The van der Waals surface area contributed by atoms with Crippen molar-refractivity contribution in [2.75, 3.05) is 13.1 Å². The summed E-state index contributed by atoms with van der Waals surface area (Å²) >= 11 is 0. The lowest BCUT2D eigenvalue weighted by Crippen LogP contribution is -2.86. The van der Waals surface area contributed by atoms with Gasteiger partial charge in [-0.25, -0.2) is 13.1 Å². The maximum atomic E-state index is 11.6. The highest BCUT2D eigenvalue weighted by Gasteiger charge is 2.18. The molecule has 0 bridgehead atoms. The number of carbonyl (C=O) groups is 1. The highest BCUT2D eigenvalue weighted by Crippen LogP contribution is 2.24. The van der Waals surface area contributed by atoms with E-state index in [0.717, 1.165) is 16.6 Å². The topological polar surface area (TPSA) is 135 Å². The van der Waals surface area contributed by atoms with Crippen LogP contribution in [0, 0.1) is 6.92 Å². The zero-order valence-electron chi connectivity index (χ0n) is 19.4. The first kappa shape index (κ1) is 27.1. The van der Waals surface area contributed by atoms with Crippen molar-refractivity contribution in [3.63, 3.8) is 0 Å². The molecule has 1 amide bonds. The average molecular weight is 509 g/mol. The number of amides is 1. The average Bonchev–Trinajstić information content (AvgIpc) is 3.29. The largest absolute Gasteiger partial charge is 0.744 e. The minimum Gasteiger partial charge on any atom is -0.744 e. The zero-order chi connectivity index (χ0) is 25.0. The van der Waals surface area contributed by atoms with Crippen LogP contribution in [0.3, 0.4) is 0 Å². The highest BCUT2D eigenvalue weighted by atomic mass is 32.2. The van der Waals surface area contributed by atoms with E-state index in [9.17, 15) is 17.8 Å². The predicted molar refractivity (Wildman–Crippen MR) is 139 cm³/mol. The maximum absolute atomic E-state index is 11.6. The van der Waals surface area contributed by atoms with Crippen molar-refractivity contribution in [1.82, 2.24) is 9.78 Å². The Kier molecular flexibility index (Phi) is 8.62. The summed E-state index contributed by atoms with van der Waals surface area (Å²) in [6.45, 7) is 4.24. The Morgan fingerprint density at radius 1 is 1.08 bits per heavy atom. The molecule has 3 aromatic carbocycles. The molecule has 36 heavy (non-hydrogen) atoms. The van der Waals surface area contributed by atoms with Crippen LogP contribution in [0.5, 0.6) is 0 Å². The standard InChI is InChI=1S/C19H20N4O.C7H8O3S.CH4/c20-19(24)17-5-1-3-15-12-23(22-18(15)17)16-8-6-13(7-9-16)14-4-2-10-21-11-14;1-6-2-4-7(5-3-6)11(8,9)10;/h1,3,5-9,12,14,21H,2,4,10-11H2,(H2,20,24);2-5H,1H3,(H,8,9,10);1H4/t14-;;/m1../s1. The fourth-order valence-corrected chi connectivity index (χ4v) is 4.70. The molecule has 1 saturated heterocycles. The number of hydrogen-bond donors (Lipinski definition) is 2. The number of piperidine rings is 1. The van der Waals surface area contributed by atoms with Gasteiger partial charge in [0.1, 0.15) is 15.6 Å². The molecule has 5 rings (SSSR count). The number of carbonyl (C=O) groups excluding carboxylic acids is 1. The second-order valence-corrected chi connectivity index (χ2v) is 10.1. The maximum Gasteiger partial charge on any atom is 0.250 e. The summed E-state index contributed by atoms with van der Waals surface area (Å²) in [5, 5.41) is 7.87. The van der Waals surface area contributed by atoms with Crippen LogP contribution in [0.25, 0.3) is 16.6 Å². The van der Waals surface area contributed by atoms with Gasteiger partial charge in [0.15, 0.2) is 0 Å². The summed E-state index contributed by atoms with van der Waals surface area (Å²) in [4.78, 5) is 11.4. The number of hydrogen-bond acceptors (Lipinski definition) is 5. The molecule has 4 aromatic rings. The molecule has 190 valence electrons. The van der Waals surface area contributed by atoms with Gasteiger partial charge in [0, 0.05) is 17.5 Å². The molecule has 0 unspecified atom stereocenters. The van der Waals surface area contributed by atoms with Gasteiger partial charge < -0.3 is 15.6 Å². The molecule has 8 nitrogen and oxygen atoms in total. The molecule has 0 spiro atoms. The zero-order valence-corrected chi connectivity index (χ0v) is 20.2. The number of rotatable bonds is 4. The molecule has 1 atom stereocenters. The van der Waals surface area contributed by atoms with Crippen molar-refractivity contribution < 1.29 is 23.1 Å². The quantitative estimate of drug-likeness (QED) is 0.409. The van der Waals surface area contributed by atoms with Gasteiger partial charge in [-0.15, -0.1) is 0 Å². The fourth-order valence-electron chi connectivity index (χ4n) is 4.23. The lowest BCUT2D eigenvalue weighted by molar-refractivity contribution is -0.664. The molecule has 0 aliphatic carbocycles. The Labute approximate surface area is 211 Å². The van der Waals surface area contributed by atoms with E-state index in [1.54, 1.807) is 18.2 Å². The lowest BCUT2D eigenvalue weighted by Gasteiger charge is -2.20. The van der Waals surface area contributed by atoms with E-state index >= 15 is 0 Å². The summed E-state index contributed by atoms with van der Waals surface area (Å²) < 4.78 is 33.0. The predicted octanol–water partition coefficient (Wildman–Crippen LogP) is 3.10. The molecular formula is C27H32N4O4S. The minimum atomic E-state index is -4.27. The van der Waals surface area contributed by atoms with E-state index in [1.807, 2.05) is 29.9 Å². The number of aryl methyl sites for hydroxylation is 1. The fraction of sp³-hybridized carbons (Fsp3) is 0.259. The molecule has 0 radical (unpaired) electrons. The van der Waals surface area contributed by atoms with Crippen LogP contribution in [-0.2, 0) is 10.1 Å². The van der Waals surface area contributed by atoms with Gasteiger partial charge in [-0.3, -0.25) is 4.79 Å². The Hall–Kier alpha value is -3.53. The first-order valence-corrected chi connectivity index (χ1v) is 12.9. The molecule has 1 aromatic heterocycles. The number of quaternary nitrogens is 1. The second kappa shape index (κ2) is 11.5. The third-order valence-corrected chi connectivity index (χ3v) is 7.00. The third-order valence-electron chi connectivity index (χ3n) is 6.15. The van der Waals surface area contributed by atoms with Crippen LogP contribution in [0.2, 0.25) is 0 Å². The van der Waals surface area contributed by atoms with Gasteiger partial charge in [-0.05, 0) is 55.7 Å². The van der Waals surface area contributed by atoms with E-state index in [2.05, 4.69) is 34.7 Å². The van der Waals surface area contributed by atoms with E-state index in [4.69, 9.17) is 5.73 Å². The molecule has 4 N–H and O–H groups in total. The lowest BCUT2D eigenvalue weighted by atomic mass is 9.92. The number of nitrogens with two attached hydrogens (primary N) is 2.